The third-order valence-corrected chi connectivity index (χ3v) is 3.77. The summed E-state index contributed by atoms with van der Waals surface area (Å²) in [7, 11) is 2.15. The molecule has 0 aromatic heterocycles. The lowest BCUT2D eigenvalue weighted by Crippen LogP contribution is -2.25. The number of benzene rings is 1. The third-order valence-electron chi connectivity index (χ3n) is 3.03. The van der Waals surface area contributed by atoms with Crippen LogP contribution in [-0.4, -0.2) is 31.6 Å². The van der Waals surface area contributed by atoms with Gasteiger partial charge in [-0.1, -0.05) is 29.3 Å². The van der Waals surface area contributed by atoms with Crippen molar-refractivity contribution in [1.82, 2.24) is 10.2 Å². The molecule has 1 unspecified atom stereocenters. The number of nitrogens with zero attached hydrogens (tertiary/aromatic N) is 1. The predicted octanol–water partition coefficient (Wildman–Crippen LogP) is 2.96. The van der Waals surface area contributed by atoms with Crippen molar-refractivity contribution in [2.24, 2.45) is 0 Å². The minimum Gasteiger partial charge on any atom is -0.309 e. The predicted molar refractivity (Wildman–Crippen MR) is 69.3 cm³/mol. The average Bonchev–Trinajstić information content (AvgIpc) is 2.47. The van der Waals surface area contributed by atoms with E-state index in [0.29, 0.717) is 16.1 Å². The van der Waals surface area contributed by atoms with Gasteiger partial charge in [0.2, 0.25) is 0 Å². The quantitative estimate of drug-likeness (QED) is 0.834. The largest absolute Gasteiger partial charge is 0.309 e. The summed E-state index contributed by atoms with van der Waals surface area (Å²) in [5.41, 5.74) is 1.23. The van der Waals surface area contributed by atoms with E-state index in [2.05, 4.69) is 23.3 Å². The molecule has 1 heterocycles. The number of nitrogens with one attached hydrogen (secondary N) is 1. The average molecular weight is 259 g/mol. The summed E-state index contributed by atoms with van der Waals surface area (Å²) in [6.45, 7) is 3.22. The van der Waals surface area contributed by atoms with Crippen LogP contribution in [0.15, 0.2) is 18.2 Å². The molecule has 0 amide bonds. The molecule has 2 rings (SSSR count). The molecule has 1 fully saturated rings. The topological polar surface area (TPSA) is 15.3 Å². The Bertz CT molecular complexity index is 368. The highest BCUT2D eigenvalue weighted by Gasteiger charge is 2.16. The standard InChI is InChI=1S/C12H16Cl2N2/c1-16-6-4-12(15-5-7-16)9-2-3-10(13)11(14)8-9/h2-3,8,12,15H,4-7H2,1H3. The van der Waals surface area contributed by atoms with E-state index in [-0.39, 0.29) is 0 Å². The van der Waals surface area contributed by atoms with Gasteiger partial charge in [0, 0.05) is 19.1 Å². The minimum absolute atomic E-state index is 0.389. The fourth-order valence-corrected chi connectivity index (χ4v) is 2.31. The molecule has 4 heteroatoms. The lowest BCUT2D eigenvalue weighted by molar-refractivity contribution is 0.355. The maximum atomic E-state index is 6.03. The molecule has 1 N–H and O–H groups in total. The van der Waals surface area contributed by atoms with E-state index < -0.39 is 0 Å². The van der Waals surface area contributed by atoms with Gasteiger partial charge in [0.25, 0.3) is 0 Å². The summed E-state index contributed by atoms with van der Waals surface area (Å²) in [5, 5.41) is 4.79. The fourth-order valence-electron chi connectivity index (χ4n) is 2.01. The highest BCUT2D eigenvalue weighted by Crippen LogP contribution is 2.27. The van der Waals surface area contributed by atoms with Crippen LogP contribution < -0.4 is 5.32 Å². The van der Waals surface area contributed by atoms with E-state index in [1.807, 2.05) is 12.1 Å². The van der Waals surface area contributed by atoms with E-state index in [1.165, 1.54) is 5.56 Å². The summed E-state index contributed by atoms with van der Waals surface area (Å²) >= 11 is 11.9. The molecule has 0 saturated carbocycles. The Morgan fingerprint density at radius 3 is 2.81 bits per heavy atom. The Kier molecular flexibility index (Phi) is 4.09. The van der Waals surface area contributed by atoms with E-state index >= 15 is 0 Å². The Morgan fingerprint density at radius 2 is 2.06 bits per heavy atom. The van der Waals surface area contributed by atoms with Crippen LogP contribution in [0.3, 0.4) is 0 Å². The van der Waals surface area contributed by atoms with Crippen LogP contribution in [0.5, 0.6) is 0 Å². The van der Waals surface area contributed by atoms with Gasteiger partial charge in [-0.2, -0.15) is 0 Å². The van der Waals surface area contributed by atoms with Crippen molar-refractivity contribution in [3.63, 3.8) is 0 Å². The van der Waals surface area contributed by atoms with E-state index in [4.69, 9.17) is 23.2 Å². The van der Waals surface area contributed by atoms with Crippen molar-refractivity contribution < 1.29 is 0 Å². The fraction of sp³-hybridized carbons (Fsp3) is 0.500. The Labute approximate surface area is 107 Å². The highest BCUT2D eigenvalue weighted by atomic mass is 35.5. The molecule has 16 heavy (non-hydrogen) atoms. The highest BCUT2D eigenvalue weighted by molar-refractivity contribution is 6.42. The maximum Gasteiger partial charge on any atom is 0.0595 e. The lowest BCUT2D eigenvalue weighted by Gasteiger charge is -2.16. The molecule has 0 spiro atoms. The van der Waals surface area contributed by atoms with Gasteiger partial charge in [0.15, 0.2) is 0 Å². The number of hydrogen-bond donors (Lipinski definition) is 1. The van der Waals surface area contributed by atoms with Gasteiger partial charge in [-0.15, -0.1) is 0 Å². The molecule has 0 bridgehead atoms. The molecule has 1 aromatic rings. The van der Waals surface area contributed by atoms with Crippen molar-refractivity contribution in [1.29, 1.82) is 0 Å². The van der Waals surface area contributed by atoms with Crippen molar-refractivity contribution in [2.45, 2.75) is 12.5 Å². The Hall–Kier alpha value is -0.280. The van der Waals surface area contributed by atoms with Crippen LogP contribution in [0.4, 0.5) is 0 Å². The first-order valence-corrected chi connectivity index (χ1v) is 6.29. The molecule has 1 aromatic carbocycles. The minimum atomic E-state index is 0.389. The van der Waals surface area contributed by atoms with Crippen molar-refractivity contribution in [2.75, 3.05) is 26.7 Å². The normalized spacial score (nSPS) is 23.1. The monoisotopic (exact) mass is 258 g/mol. The van der Waals surface area contributed by atoms with Gasteiger partial charge in [-0.25, -0.2) is 0 Å². The molecule has 88 valence electrons. The van der Waals surface area contributed by atoms with E-state index in [9.17, 15) is 0 Å². The van der Waals surface area contributed by atoms with E-state index in [1.54, 1.807) is 0 Å². The van der Waals surface area contributed by atoms with Crippen LogP contribution >= 0.6 is 23.2 Å². The molecule has 1 aliphatic heterocycles. The van der Waals surface area contributed by atoms with Crippen molar-refractivity contribution in [3.05, 3.63) is 33.8 Å². The molecule has 1 atom stereocenters. The zero-order valence-electron chi connectivity index (χ0n) is 9.34. The van der Waals surface area contributed by atoms with Gasteiger partial charge < -0.3 is 10.2 Å². The smallest absolute Gasteiger partial charge is 0.0595 e. The van der Waals surface area contributed by atoms with Crippen LogP contribution in [-0.2, 0) is 0 Å². The van der Waals surface area contributed by atoms with Crippen molar-refractivity contribution in [3.8, 4) is 0 Å². The first-order chi connectivity index (χ1) is 7.66. The Morgan fingerprint density at radius 1 is 1.25 bits per heavy atom. The van der Waals surface area contributed by atoms with Crippen LogP contribution in [0.25, 0.3) is 0 Å². The number of halogens is 2. The van der Waals surface area contributed by atoms with Gasteiger partial charge in [-0.05, 0) is 37.7 Å². The molecule has 1 saturated heterocycles. The van der Waals surface area contributed by atoms with Gasteiger partial charge >= 0.3 is 0 Å². The summed E-state index contributed by atoms with van der Waals surface area (Å²) < 4.78 is 0. The van der Waals surface area contributed by atoms with Crippen LogP contribution in [0.1, 0.15) is 18.0 Å². The van der Waals surface area contributed by atoms with Gasteiger partial charge in [0.05, 0.1) is 10.0 Å². The third kappa shape index (κ3) is 2.89. The zero-order valence-corrected chi connectivity index (χ0v) is 10.9. The Balaban J connectivity index is 2.13. The first-order valence-electron chi connectivity index (χ1n) is 5.53. The second kappa shape index (κ2) is 5.37. The van der Waals surface area contributed by atoms with Crippen LogP contribution in [0.2, 0.25) is 10.0 Å². The first kappa shape index (κ1) is 12.2. The van der Waals surface area contributed by atoms with Gasteiger partial charge in [0.1, 0.15) is 0 Å². The number of hydrogen-bond acceptors (Lipinski definition) is 2. The molecule has 0 aliphatic carbocycles. The van der Waals surface area contributed by atoms with E-state index in [0.717, 1.165) is 26.1 Å². The lowest BCUT2D eigenvalue weighted by atomic mass is 10.0. The van der Waals surface area contributed by atoms with Crippen molar-refractivity contribution >= 4 is 23.2 Å². The molecule has 0 radical (unpaired) electrons. The maximum absolute atomic E-state index is 6.03. The molecular weight excluding hydrogens is 243 g/mol. The molecule has 2 nitrogen and oxygen atoms in total. The molecule has 1 aliphatic rings. The summed E-state index contributed by atoms with van der Waals surface area (Å²) in [4.78, 5) is 2.34. The molecular formula is C12H16Cl2N2. The second-order valence-corrected chi connectivity index (χ2v) is 5.09. The SMILES string of the molecule is CN1CCNC(c2ccc(Cl)c(Cl)c2)CC1. The summed E-state index contributed by atoms with van der Waals surface area (Å²) in [5.74, 6) is 0. The second-order valence-electron chi connectivity index (χ2n) is 4.27. The summed E-state index contributed by atoms with van der Waals surface area (Å²) in [6, 6.07) is 6.28. The van der Waals surface area contributed by atoms with Crippen LogP contribution in [0, 0.1) is 0 Å². The summed E-state index contributed by atoms with van der Waals surface area (Å²) in [6.07, 6.45) is 1.11. The van der Waals surface area contributed by atoms with Gasteiger partial charge in [-0.3, -0.25) is 0 Å². The number of likely N-dealkylation sites (N-methyl/N-ethyl adjacent to an activating group) is 1. The number of rotatable bonds is 1. The zero-order chi connectivity index (χ0) is 11.5.